The van der Waals surface area contributed by atoms with E-state index in [4.69, 9.17) is 10.5 Å². The monoisotopic (exact) mass is 319 g/mol. The fraction of sp³-hybridized carbons (Fsp3) is 0.529. The molecule has 0 radical (unpaired) electrons. The number of nitrogens with two attached hydrogens (primary N) is 1. The van der Waals surface area contributed by atoms with Crippen molar-refractivity contribution in [1.82, 2.24) is 4.90 Å². The second-order valence-electron chi connectivity index (χ2n) is 5.77. The first-order valence-electron chi connectivity index (χ1n) is 8.13. The molecule has 0 saturated carbocycles. The third-order valence-corrected chi connectivity index (χ3v) is 4.09. The molecule has 1 aromatic rings. The number of carbonyl (C=O) groups excluding carboxylic acids is 2. The summed E-state index contributed by atoms with van der Waals surface area (Å²) < 4.78 is 5.37. The molecule has 1 aromatic carbocycles. The van der Waals surface area contributed by atoms with E-state index in [9.17, 15) is 9.59 Å². The minimum Gasteiger partial charge on any atom is -0.494 e. The third-order valence-electron chi connectivity index (χ3n) is 4.09. The number of piperidine rings is 1. The predicted octanol–water partition coefficient (Wildman–Crippen LogP) is 1.61. The van der Waals surface area contributed by atoms with Gasteiger partial charge in [0.1, 0.15) is 5.75 Å². The highest BCUT2D eigenvalue weighted by Gasteiger charge is 2.23. The van der Waals surface area contributed by atoms with Crippen LogP contribution in [0.15, 0.2) is 24.3 Å². The van der Waals surface area contributed by atoms with Crippen molar-refractivity contribution in [2.75, 3.05) is 31.6 Å². The number of ether oxygens (including phenoxy) is 1. The van der Waals surface area contributed by atoms with E-state index in [2.05, 4.69) is 10.2 Å². The molecule has 0 spiro atoms. The van der Waals surface area contributed by atoms with Gasteiger partial charge in [0.2, 0.25) is 11.8 Å². The molecule has 0 atom stereocenters. The van der Waals surface area contributed by atoms with E-state index in [1.165, 1.54) is 0 Å². The summed E-state index contributed by atoms with van der Waals surface area (Å²) in [4.78, 5) is 25.3. The molecule has 6 heteroatoms. The average Bonchev–Trinajstić information content (AvgIpc) is 2.55. The Kier molecular flexibility index (Phi) is 6.40. The summed E-state index contributed by atoms with van der Waals surface area (Å²) in [5.41, 5.74) is 6.09. The highest BCUT2D eigenvalue weighted by Crippen LogP contribution is 2.18. The van der Waals surface area contributed by atoms with Crippen LogP contribution in [0.25, 0.3) is 0 Å². The molecular weight excluding hydrogens is 294 g/mol. The zero-order chi connectivity index (χ0) is 16.7. The van der Waals surface area contributed by atoms with Gasteiger partial charge < -0.3 is 20.7 Å². The Balaban J connectivity index is 1.70. The number of likely N-dealkylation sites (tertiary alicyclic amines) is 1. The number of hydrogen-bond acceptors (Lipinski definition) is 4. The molecule has 3 N–H and O–H groups in total. The van der Waals surface area contributed by atoms with Gasteiger partial charge in [-0.3, -0.25) is 9.59 Å². The molecule has 1 fully saturated rings. The summed E-state index contributed by atoms with van der Waals surface area (Å²) in [5.74, 6) is 0.566. The molecular formula is C17H25N3O3. The summed E-state index contributed by atoms with van der Waals surface area (Å²) in [6, 6.07) is 7.35. The van der Waals surface area contributed by atoms with Crippen molar-refractivity contribution >= 4 is 17.5 Å². The first kappa shape index (κ1) is 17.3. The Hall–Kier alpha value is -2.08. The second kappa shape index (κ2) is 8.53. The van der Waals surface area contributed by atoms with Gasteiger partial charge in [-0.1, -0.05) is 0 Å². The molecule has 0 bridgehead atoms. The molecule has 23 heavy (non-hydrogen) atoms. The maximum atomic E-state index is 12.0. The summed E-state index contributed by atoms with van der Waals surface area (Å²) in [5, 5.41) is 2.88. The number of nitrogens with zero attached hydrogens (tertiary/aromatic N) is 1. The van der Waals surface area contributed by atoms with Crippen LogP contribution in [0.4, 0.5) is 5.69 Å². The van der Waals surface area contributed by atoms with Crippen LogP contribution in [0.5, 0.6) is 5.75 Å². The van der Waals surface area contributed by atoms with Gasteiger partial charge in [0.15, 0.2) is 0 Å². The molecule has 0 aliphatic carbocycles. The van der Waals surface area contributed by atoms with E-state index < -0.39 is 0 Å². The fourth-order valence-electron chi connectivity index (χ4n) is 2.73. The number of nitrogens with one attached hydrogen (secondary N) is 1. The minimum atomic E-state index is -0.210. The molecule has 1 heterocycles. The molecule has 0 aromatic heterocycles. The van der Waals surface area contributed by atoms with Crippen LogP contribution in [0, 0.1) is 5.92 Å². The smallest absolute Gasteiger partial charge is 0.225 e. The van der Waals surface area contributed by atoms with Crippen LogP contribution in [0.3, 0.4) is 0 Å². The van der Waals surface area contributed by atoms with E-state index in [0.29, 0.717) is 19.6 Å². The van der Waals surface area contributed by atoms with E-state index in [1.807, 2.05) is 31.2 Å². The average molecular weight is 319 g/mol. The maximum Gasteiger partial charge on any atom is 0.225 e. The van der Waals surface area contributed by atoms with Gasteiger partial charge in [-0.15, -0.1) is 0 Å². The van der Waals surface area contributed by atoms with Crippen LogP contribution < -0.4 is 15.8 Å². The normalized spacial score (nSPS) is 16.0. The Morgan fingerprint density at radius 3 is 2.48 bits per heavy atom. The number of amides is 2. The summed E-state index contributed by atoms with van der Waals surface area (Å²) in [7, 11) is 0. The van der Waals surface area contributed by atoms with Crippen molar-refractivity contribution in [2.24, 2.45) is 11.7 Å². The van der Waals surface area contributed by atoms with E-state index >= 15 is 0 Å². The number of hydrogen-bond donors (Lipinski definition) is 2. The lowest BCUT2D eigenvalue weighted by atomic mass is 9.96. The first-order chi connectivity index (χ1) is 11.1. The Morgan fingerprint density at radius 2 is 1.91 bits per heavy atom. The summed E-state index contributed by atoms with van der Waals surface area (Å²) >= 11 is 0. The fourth-order valence-corrected chi connectivity index (χ4v) is 2.73. The lowest BCUT2D eigenvalue weighted by Crippen LogP contribution is -2.39. The quantitative estimate of drug-likeness (QED) is 0.799. The zero-order valence-corrected chi connectivity index (χ0v) is 13.6. The van der Waals surface area contributed by atoms with Gasteiger partial charge in [0.25, 0.3) is 0 Å². The first-order valence-corrected chi connectivity index (χ1v) is 8.13. The molecule has 2 rings (SSSR count). The van der Waals surface area contributed by atoms with Gasteiger partial charge >= 0.3 is 0 Å². The van der Waals surface area contributed by atoms with Crippen molar-refractivity contribution in [2.45, 2.75) is 26.2 Å². The predicted molar refractivity (Wildman–Crippen MR) is 89.2 cm³/mol. The van der Waals surface area contributed by atoms with Crippen molar-refractivity contribution in [1.29, 1.82) is 0 Å². The molecule has 126 valence electrons. The third kappa shape index (κ3) is 5.56. The van der Waals surface area contributed by atoms with Gasteiger partial charge in [-0.25, -0.2) is 0 Å². The number of anilines is 1. The number of primary amides is 1. The van der Waals surface area contributed by atoms with Crippen molar-refractivity contribution in [3.8, 4) is 5.75 Å². The van der Waals surface area contributed by atoms with Crippen LogP contribution in [-0.2, 0) is 9.59 Å². The van der Waals surface area contributed by atoms with Crippen molar-refractivity contribution < 1.29 is 14.3 Å². The Bertz CT molecular complexity index is 522. The SMILES string of the molecule is CCOc1ccc(NC(=O)CCN2CCC(C(N)=O)CC2)cc1. The highest BCUT2D eigenvalue weighted by molar-refractivity contribution is 5.90. The maximum absolute atomic E-state index is 12.0. The molecule has 0 unspecified atom stereocenters. The summed E-state index contributed by atoms with van der Waals surface area (Å²) in [6.07, 6.45) is 2.01. The van der Waals surface area contributed by atoms with Gasteiger partial charge in [-0.05, 0) is 57.1 Å². The van der Waals surface area contributed by atoms with Crippen LogP contribution in [-0.4, -0.2) is 43.0 Å². The van der Waals surface area contributed by atoms with Gasteiger partial charge in [0.05, 0.1) is 6.61 Å². The molecule has 1 saturated heterocycles. The van der Waals surface area contributed by atoms with Crippen LogP contribution >= 0.6 is 0 Å². The van der Waals surface area contributed by atoms with Crippen LogP contribution in [0.1, 0.15) is 26.2 Å². The van der Waals surface area contributed by atoms with Crippen LogP contribution in [0.2, 0.25) is 0 Å². The summed E-state index contributed by atoms with van der Waals surface area (Å²) in [6.45, 7) is 4.91. The number of rotatable bonds is 7. The van der Waals surface area contributed by atoms with E-state index in [-0.39, 0.29) is 17.7 Å². The highest BCUT2D eigenvalue weighted by atomic mass is 16.5. The van der Waals surface area contributed by atoms with Crippen molar-refractivity contribution in [3.05, 3.63) is 24.3 Å². The largest absolute Gasteiger partial charge is 0.494 e. The molecule has 2 amide bonds. The Morgan fingerprint density at radius 1 is 1.26 bits per heavy atom. The number of carbonyl (C=O) groups is 2. The van der Waals surface area contributed by atoms with E-state index in [0.717, 1.165) is 37.4 Å². The number of benzene rings is 1. The molecule has 1 aliphatic rings. The topological polar surface area (TPSA) is 84.7 Å². The second-order valence-corrected chi connectivity index (χ2v) is 5.77. The Labute approximate surface area is 137 Å². The molecule has 1 aliphatic heterocycles. The van der Waals surface area contributed by atoms with Gasteiger partial charge in [-0.2, -0.15) is 0 Å². The standard InChI is InChI=1S/C17H25N3O3/c1-2-23-15-5-3-14(4-6-15)19-16(21)9-12-20-10-7-13(8-11-20)17(18)22/h3-6,13H,2,7-12H2,1H3,(H2,18,22)(H,19,21). The van der Waals surface area contributed by atoms with Gasteiger partial charge in [0, 0.05) is 24.6 Å². The minimum absolute atomic E-state index is 0.00816. The van der Waals surface area contributed by atoms with E-state index in [1.54, 1.807) is 0 Å². The lowest BCUT2D eigenvalue weighted by Gasteiger charge is -2.30. The lowest BCUT2D eigenvalue weighted by molar-refractivity contribution is -0.123. The van der Waals surface area contributed by atoms with Crippen molar-refractivity contribution in [3.63, 3.8) is 0 Å². The molecule has 6 nitrogen and oxygen atoms in total. The zero-order valence-electron chi connectivity index (χ0n) is 13.6.